The van der Waals surface area contributed by atoms with Crippen molar-refractivity contribution in [2.75, 3.05) is 6.61 Å². The SMILES string of the molecule is CCOC(=O)c1nn2ccccc2c1C=O. The molecule has 0 atom stereocenters. The molecule has 0 N–H and O–H groups in total. The zero-order chi connectivity index (χ0) is 11.5. The lowest BCUT2D eigenvalue weighted by molar-refractivity contribution is 0.0517. The number of aldehydes is 1. The van der Waals surface area contributed by atoms with E-state index in [0.717, 1.165) is 0 Å². The number of esters is 1. The van der Waals surface area contributed by atoms with Crippen LogP contribution >= 0.6 is 0 Å². The second kappa shape index (κ2) is 4.14. The highest BCUT2D eigenvalue weighted by Crippen LogP contribution is 2.14. The maximum atomic E-state index is 11.5. The van der Waals surface area contributed by atoms with Gasteiger partial charge in [-0.2, -0.15) is 5.10 Å². The Morgan fingerprint density at radius 3 is 3.06 bits per heavy atom. The molecular weight excluding hydrogens is 208 g/mol. The number of rotatable bonds is 3. The maximum Gasteiger partial charge on any atom is 0.359 e. The van der Waals surface area contributed by atoms with Gasteiger partial charge in [-0.15, -0.1) is 0 Å². The number of hydrogen-bond donors (Lipinski definition) is 0. The van der Waals surface area contributed by atoms with Gasteiger partial charge in [-0.25, -0.2) is 9.31 Å². The largest absolute Gasteiger partial charge is 0.461 e. The van der Waals surface area contributed by atoms with Gasteiger partial charge < -0.3 is 4.74 Å². The van der Waals surface area contributed by atoms with Crippen LogP contribution < -0.4 is 0 Å². The molecule has 0 aliphatic rings. The van der Waals surface area contributed by atoms with E-state index in [-0.39, 0.29) is 17.9 Å². The molecule has 0 aliphatic carbocycles. The number of hydrogen-bond acceptors (Lipinski definition) is 4. The third-order valence-corrected chi connectivity index (χ3v) is 2.16. The molecule has 2 aromatic rings. The summed E-state index contributed by atoms with van der Waals surface area (Å²) in [5.74, 6) is -0.576. The van der Waals surface area contributed by atoms with Gasteiger partial charge in [0, 0.05) is 6.20 Å². The summed E-state index contributed by atoms with van der Waals surface area (Å²) in [5, 5.41) is 4.01. The molecule has 0 aromatic carbocycles. The topological polar surface area (TPSA) is 60.7 Å². The molecule has 0 unspecified atom stereocenters. The molecule has 16 heavy (non-hydrogen) atoms. The summed E-state index contributed by atoms with van der Waals surface area (Å²) in [6, 6.07) is 5.27. The molecule has 2 rings (SSSR count). The summed E-state index contributed by atoms with van der Waals surface area (Å²) in [4.78, 5) is 22.5. The van der Waals surface area contributed by atoms with Crippen LogP contribution in [0.15, 0.2) is 24.4 Å². The lowest BCUT2D eigenvalue weighted by Crippen LogP contribution is -2.07. The Kier molecular flexibility index (Phi) is 2.68. The van der Waals surface area contributed by atoms with Gasteiger partial charge >= 0.3 is 5.97 Å². The van der Waals surface area contributed by atoms with Crippen LogP contribution in [0, 0.1) is 0 Å². The van der Waals surface area contributed by atoms with Crippen molar-refractivity contribution in [3.05, 3.63) is 35.7 Å². The normalized spacial score (nSPS) is 10.3. The first kappa shape index (κ1) is 10.4. The minimum Gasteiger partial charge on any atom is -0.461 e. The molecule has 0 spiro atoms. The van der Waals surface area contributed by atoms with Crippen molar-refractivity contribution in [2.45, 2.75) is 6.92 Å². The maximum absolute atomic E-state index is 11.5. The van der Waals surface area contributed by atoms with Crippen LogP contribution in [-0.2, 0) is 4.74 Å². The molecule has 82 valence electrons. The Morgan fingerprint density at radius 1 is 1.56 bits per heavy atom. The first-order chi connectivity index (χ1) is 7.77. The fraction of sp³-hybridized carbons (Fsp3) is 0.182. The van der Waals surface area contributed by atoms with Gasteiger partial charge in [-0.05, 0) is 19.1 Å². The summed E-state index contributed by atoms with van der Waals surface area (Å²) in [5.41, 5.74) is 0.919. The Labute approximate surface area is 91.6 Å². The van der Waals surface area contributed by atoms with Crippen molar-refractivity contribution >= 4 is 17.8 Å². The van der Waals surface area contributed by atoms with Crippen LogP contribution in [0.4, 0.5) is 0 Å². The highest BCUT2D eigenvalue weighted by atomic mass is 16.5. The van der Waals surface area contributed by atoms with E-state index in [9.17, 15) is 9.59 Å². The number of fused-ring (bicyclic) bond motifs is 1. The summed E-state index contributed by atoms with van der Waals surface area (Å²) in [6.07, 6.45) is 2.29. The van der Waals surface area contributed by atoms with Crippen LogP contribution in [0.3, 0.4) is 0 Å². The van der Waals surface area contributed by atoms with E-state index in [1.807, 2.05) is 0 Å². The fourth-order valence-corrected chi connectivity index (χ4v) is 1.48. The van der Waals surface area contributed by atoms with Gasteiger partial charge in [0.15, 0.2) is 12.0 Å². The Bertz CT molecular complexity index is 545. The van der Waals surface area contributed by atoms with Gasteiger partial charge in [0.25, 0.3) is 0 Å². The van der Waals surface area contributed by atoms with Crippen LogP contribution in [0.1, 0.15) is 27.8 Å². The molecule has 0 amide bonds. The zero-order valence-corrected chi connectivity index (χ0v) is 8.71. The van der Waals surface area contributed by atoms with Crippen molar-refractivity contribution in [3.63, 3.8) is 0 Å². The molecule has 0 bridgehead atoms. The van der Waals surface area contributed by atoms with Crippen molar-refractivity contribution < 1.29 is 14.3 Å². The van der Waals surface area contributed by atoms with E-state index in [4.69, 9.17) is 4.74 Å². The van der Waals surface area contributed by atoms with Crippen molar-refractivity contribution in [2.24, 2.45) is 0 Å². The minimum absolute atomic E-state index is 0.0584. The molecule has 2 heterocycles. The van der Waals surface area contributed by atoms with Crippen molar-refractivity contribution in [1.82, 2.24) is 9.61 Å². The lowest BCUT2D eigenvalue weighted by atomic mass is 10.2. The highest BCUT2D eigenvalue weighted by Gasteiger charge is 2.19. The molecule has 0 radical (unpaired) electrons. The molecule has 0 saturated heterocycles. The van der Waals surface area contributed by atoms with E-state index >= 15 is 0 Å². The zero-order valence-electron chi connectivity index (χ0n) is 8.71. The predicted molar refractivity (Wildman–Crippen MR) is 56.5 cm³/mol. The van der Waals surface area contributed by atoms with Gasteiger partial charge in [-0.1, -0.05) is 6.07 Å². The summed E-state index contributed by atoms with van der Waals surface area (Å²) in [7, 11) is 0. The quantitative estimate of drug-likeness (QED) is 0.576. The Hall–Kier alpha value is -2.17. The second-order valence-corrected chi connectivity index (χ2v) is 3.13. The smallest absolute Gasteiger partial charge is 0.359 e. The lowest BCUT2D eigenvalue weighted by Gasteiger charge is -1.97. The number of nitrogens with zero attached hydrogens (tertiary/aromatic N) is 2. The average molecular weight is 218 g/mol. The molecule has 2 aromatic heterocycles. The third kappa shape index (κ3) is 1.56. The first-order valence-corrected chi connectivity index (χ1v) is 4.87. The fourth-order valence-electron chi connectivity index (χ4n) is 1.48. The van der Waals surface area contributed by atoms with Crippen LogP contribution in [-0.4, -0.2) is 28.5 Å². The average Bonchev–Trinajstić information content (AvgIpc) is 2.67. The van der Waals surface area contributed by atoms with Crippen LogP contribution in [0.2, 0.25) is 0 Å². The monoisotopic (exact) mass is 218 g/mol. The Balaban J connectivity index is 2.60. The van der Waals surface area contributed by atoms with E-state index in [2.05, 4.69) is 5.10 Å². The molecule has 0 aliphatic heterocycles. The summed E-state index contributed by atoms with van der Waals surface area (Å²) < 4.78 is 6.31. The molecule has 5 heteroatoms. The summed E-state index contributed by atoms with van der Waals surface area (Å²) >= 11 is 0. The molecule has 0 fully saturated rings. The standard InChI is InChI=1S/C11H10N2O3/c1-2-16-11(15)10-8(7-14)9-5-3-4-6-13(9)12-10/h3-7H,2H2,1H3. The second-order valence-electron chi connectivity index (χ2n) is 3.13. The third-order valence-electron chi connectivity index (χ3n) is 2.16. The van der Waals surface area contributed by atoms with Crippen LogP contribution in [0.5, 0.6) is 0 Å². The van der Waals surface area contributed by atoms with Crippen molar-refractivity contribution in [1.29, 1.82) is 0 Å². The first-order valence-electron chi connectivity index (χ1n) is 4.87. The van der Waals surface area contributed by atoms with Crippen LogP contribution in [0.25, 0.3) is 5.52 Å². The van der Waals surface area contributed by atoms with Crippen molar-refractivity contribution in [3.8, 4) is 0 Å². The van der Waals surface area contributed by atoms with E-state index in [1.165, 1.54) is 4.52 Å². The molecule has 5 nitrogen and oxygen atoms in total. The molecule has 0 saturated carbocycles. The number of pyridine rings is 1. The number of carbonyl (C=O) groups is 2. The number of carbonyl (C=O) groups excluding carboxylic acids is 2. The number of ether oxygens (including phenoxy) is 1. The predicted octanol–water partition coefficient (Wildman–Crippen LogP) is 1.32. The van der Waals surface area contributed by atoms with E-state index in [0.29, 0.717) is 11.8 Å². The summed E-state index contributed by atoms with van der Waals surface area (Å²) in [6.45, 7) is 1.96. The van der Waals surface area contributed by atoms with Gasteiger partial charge in [0.05, 0.1) is 17.7 Å². The van der Waals surface area contributed by atoms with Gasteiger partial charge in [0.2, 0.25) is 0 Å². The highest BCUT2D eigenvalue weighted by molar-refractivity contribution is 6.01. The minimum atomic E-state index is -0.576. The Morgan fingerprint density at radius 2 is 2.38 bits per heavy atom. The van der Waals surface area contributed by atoms with E-state index < -0.39 is 5.97 Å². The van der Waals surface area contributed by atoms with E-state index in [1.54, 1.807) is 31.3 Å². The van der Waals surface area contributed by atoms with Gasteiger partial charge in [-0.3, -0.25) is 4.79 Å². The number of aromatic nitrogens is 2. The van der Waals surface area contributed by atoms with Gasteiger partial charge in [0.1, 0.15) is 0 Å². The molecular formula is C11H10N2O3.